The Morgan fingerprint density at radius 1 is 1.77 bits per heavy atom. The van der Waals surface area contributed by atoms with E-state index in [4.69, 9.17) is 5.26 Å². The smallest absolute Gasteiger partial charge is 0.236 e. The molecular weight excluding hydrogens is 184 g/mol. The number of hydrogen-bond donors (Lipinski definition) is 0. The predicted molar refractivity (Wildman–Crippen MR) is 53.3 cm³/mol. The molecule has 0 aromatic carbocycles. The number of nitrogens with zero attached hydrogens (tertiary/aromatic N) is 2. The molecule has 0 aromatic rings. The van der Waals surface area contributed by atoms with Gasteiger partial charge in [0.1, 0.15) is 6.42 Å². The van der Waals surface area contributed by atoms with E-state index in [1.54, 1.807) is 11.9 Å². The Morgan fingerprint density at radius 2 is 2.54 bits per heavy atom. The van der Waals surface area contributed by atoms with E-state index in [-0.39, 0.29) is 12.3 Å². The minimum absolute atomic E-state index is 0.0116. The van der Waals surface area contributed by atoms with E-state index in [2.05, 4.69) is 0 Å². The summed E-state index contributed by atoms with van der Waals surface area (Å²) in [6.07, 6.45) is 2.28. The minimum Gasteiger partial charge on any atom is -0.341 e. The zero-order valence-corrected chi connectivity index (χ0v) is 8.64. The summed E-state index contributed by atoms with van der Waals surface area (Å²) < 4.78 is 0. The van der Waals surface area contributed by atoms with Crippen molar-refractivity contribution in [3.8, 4) is 6.07 Å². The van der Waals surface area contributed by atoms with E-state index in [0.717, 1.165) is 12.2 Å². The Hall–Kier alpha value is -0.690. The van der Waals surface area contributed by atoms with Gasteiger partial charge in [-0.1, -0.05) is 0 Å². The first-order valence-corrected chi connectivity index (χ1v) is 5.61. The Morgan fingerprint density at radius 3 is 3.08 bits per heavy atom. The molecule has 3 nitrogen and oxygen atoms in total. The molecule has 1 aliphatic heterocycles. The third-order valence-electron chi connectivity index (χ3n) is 2.31. The number of carbonyl (C=O) groups is 1. The van der Waals surface area contributed by atoms with Crippen LogP contribution in [-0.4, -0.2) is 35.4 Å². The highest BCUT2D eigenvalue weighted by Gasteiger charge is 2.21. The number of hydrogen-bond acceptors (Lipinski definition) is 3. The van der Waals surface area contributed by atoms with Crippen LogP contribution in [-0.2, 0) is 4.79 Å². The number of carbonyl (C=O) groups excluding carboxylic acids is 1. The van der Waals surface area contributed by atoms with Gasteiger partial charge in [0.05, 0.1) is 6.07 Å². The molecule has 13 heavy (non-hydrogen) atoms. The first-order valence-electron chi connectivity index (χ1n) is 4.46. The lowest BCUT2D eigenvalue weighted by Gasteiger charge is -2.30. The van der Waals surface area contributed by atoms with Crippen LogP contribution in [0.4, 0.5) is 0 Å². The quantitative estimate of drug-likeness (QED) is 0.671. The van der Waals surface area contributed by atoms with E-state index in [9.17, 15) is 4.79 Å². The van der Waals surface area contributed by atoms with Gasteiger partial charge in [-0.05, 0) is 18.6 Å². The molecule has 1 rings (SSSR count). The zero-order valence-electron chi connectivity index (χ0n) is 7.82. The first kappa shape index (κ1) is 10.4. The highest BCUT2D eigenvalue weighted by atomic mass is 32.2. The molecule has 0 radical (unpaired) electrons. The van der Waals surface area contributed by atoms with Gasteiger partial charge in [-0.2, -0.15) is 17.0 Å². The molecule has 1 unspecified atom stereocenters. The average molecular weight is 198 g/mol. The van der Waals surface area contributed by atoms with Crippen LogP contribution in [0.5, 0.6) is 0 Å². The Kier molecular flexibility index (Phi) is 4.10. The summed E-state index contributed by atoms with van der Waals surface area (Å²) in [5.74, 6) is 2.18. The second-order valence-corrected chi connectivity index (χ2v) is 4.36. The van der Waals surface area contributed by atoms with Crippen molar-refractivity contribution in [2.45, 2.75) is 25.3 Å². The summed E-state index contributed by atoms with van der Waals surface area (Å²) in [6.45, 7) is 0. The SMILES string of the molecule is CN(C(=O)CC#N)C1CCCSC1. The van der Waals surface area contributed by atoms with Crippen LogP contribution in [0.2, 0.25) is 0 Å². The van der Waals surface area contributed by atoms with Crippen LogP contribution in [0.25, 0.3) is 0 Å². The Balaban J connectivity index is 2.41. The van der Waals surface area contributed by atoms with Gasteiger partial charge < -0.3 is 4.90 Å². The lowest BCUT2D eigenvalue weighted by atomic mass is 10.1. The van der Waals surface area contributed by atoms with Crippen molar-refractivity contribution in [1.29, 1.82) is 5.26 Å². The maximum Gasteiger partial charge on any atom is 0.236 e. The van der Waals surface area contributed by atoms with Gasteiger partial charge in [-0.15, -0.1) is 0 Å². The van der Waals surface area contributed by atoms with E-state index in [1.165, 1.54) is 12.2 Å². The Bertz CT molecular complexity index is 218. The number of thioether (sulfide) groups is 1. The lowest BCUT2D eigenvalue weighted by molar-refractivity contribution is -0.130. The molecule has 1 saturated heterocycles. The van der Waals surface area contributed by atoms with Gasteiger partial charge >= 0.3 is 0 Å². The van der Waals surface area contributed by atoms with Crippen LogP contribution in [0.3, 0.4) is 0 Å². The standard InChI is InChI=1S/C9H14N2OS/c1-11(9(12)4-5-10)8-3-2-6-13-7-8/h8H,2-4,6-7H2,1H3. The van der Waals surface area contributed by atoms with Gasteiger partial charge in [0.2, 0.25) is 5.91 Å². The fraction of sp³-hybridized carbons (Fsp3) is 0.778. The summed E-state index contributed by atoms with van der Waals surface area (Å²) in [5, 5.41) is 8.38. The van der Waals surface area contributed by atoms with Gasteiger partial charge in [-0.3, -0.25) is 4.79 Å². The highest BCUT2D eigenvalue weighted by Crippen LogP contribution is 2.20. The zero-order chi connectivity index (χ0) is 9.68. The van der Waals surface area contributed by atoms with Crippen molar-refractivity contribution in [2.75, 3.05) is 18.6 Å². The molecule has 0 aromatic heterocycles. The van der Waals surface area contributed by atoms with Crippen LogP contribution in [0, 0.1) is 11.3 Å². The van der Waals surface area contributed by atoms with Gasteiger partial charge in [0.25, 0.3) is 0 Å². The number of amides is 1. The minimum atomic E-state index is -0.0463. The number of nitriles is 1. The van der Waals surface area contributed by atoms with Crippen LogP contribution >= 0.6 is 11.8 Å². The maximum absolute atomic E-state index is 11.3. The molecule has 4 heteroatoms. The molecule has 0 spiro atoms. The highest BCUT2D eigenvalue weighted by molar-refractivity contribution is 7.99. The molecule has 0 saturated carbocycles. The summed E-state index contributed by atoms with van der Waals surface area (Å²) in [5.41, 5.74) is 0. The van der Waals surface area contributed by atoms with Crippen molar-refractivity contribution in [3.05, 3.63) is 0 Å². The molecule has 1 atom stereocenters. The summed E-state index contributed by atoms with van der Waals surface area (Å²) in [4.78, 5) is 13.1. The topological polar surface area (TPSA) is 44.1 Å². The normalized spacial score (nSPS) is 22.0. The molecular formula is C9H14N2OS. The van der Waals surface area contributed by atoms with E-state index < -0.39 is 0 Å². The maximum atomic E-state index is 11.3. The van der Waals surface area contributed by atoms with Crippen LogP contribution < -0.4 is 0 Å². The number of rotatable bonds is 2. The van der Waals surface area contributed by atoms with E-state index >= 15 is 0 Å². The summed E-state index contributed by atoms with van der Waals surface area (Å²) >= 11 is 1.89. The van der Waals surface area contributed by atoms with Crippen LogP contribution in [0.15, 0.2) is 0 Å². The molecule has 0 N–H and O–H groups in total. The van der Waals surface area contributed by atoms with Crippen LogP contribution in [0.1, 0.15) is 19.3 Å². The largest absolute Gasteiger partial charge is 0.341 e. The first-order chi connectivity index (χ1) is 6.25. The summed E-state index contributed by atoms with van der Waals surface area (Å²) in [6, 6.07) is 2.24. The molecule has 0 aliphatic carbocycles. The Labute approximate surface area is 83.1 Å². The lowest BCUT2D eigenvalue weighted by Crippen LogP contribution is -2.39. The fourth-order valence-corrected chi connectivity index (χ4v) is 2.62. The van der Waals surface area contributed by atoms with Crippen molar-refractivity contribution >= 4 is 17.7 Å². The molecule has 1 heterocycles. The van der Waals surface area contributed by atoms with Crippen molar-refractivity contribution in [3.63, 3.8) is 0 Å². The van der Waals surface area contributed by atoms with E-state index in [0.29, 0.717) is 6.04 Å². The van der Waals surface area contributed by atoms with Crippen molar-refractivity contribution in [2.24, 2.45) is 0 Å². The average Bonchev–Trinajstić information content (AvgIpc) is 2.18. The van der Waals surface area contributed by atoms with Gasteiger partial charge in [0.15, 0.2) is 0 Å². The predicted octanol–water partition coefficient (Wildman–Crippen LogP) is 1.25. The van der Waals surface area contributed by atoms with Crippen molar-refractivity contribution in [1.82, 2.24) is 4.90 Å². The van der Waals surface area contributed by atoms with Crippen molar-refractivity contribution < 1.29 is 4.79 Å². The summed E-state index contributed by atoms with van der Waals surface area (Å²) in [7, 11) is 1.80. The van der Waals surface area contributed by atoms with Gasteiger partial charge in [-0.25, -0.2) is 0 Å². The third-order valence-corrected chi connectivity index (χ3v) is 3.51. The molecule has 72 valence electrons. The second kappa shape index (κ2) is 5.13. The molecule has 1 amide bonds. The molecule has 1 fully saturated rings. The van der Waals surface area contributed by atoms with E-state index in [1.807, 2.05) is 17.8 Å². The second-order valence-electron chi connectivity index (χ2n) is 3.21. The fourth-order valence-electron chi connectivity index (χ4n) is 1.43. The monoisotopic (exact) mass is 198 g/mol. The molecule has 0 bridgehead atoms. The third kappa shape index (κ3) is 2.92. The molecule has 1 aliphatic rings. The van der Waals surface area contributed by atoms with Gasteiger partial charge in [0, 0.05) is 18.8 Å².